The molecule has 1 N–H and O–H groups in total. The molecule has 0 heterocycles. The average molecular weight is 295 g/mol. The molecule has 0 amide bonds. The van der Waals surface area contributed by atoms with Crippen LogP contribution < -0.4 is 4.74 Å². The van der Waals surface area contributed by atoms with E-state index in [0.717, 1.165) is 15.6 Å². The van der Waals surface area contributed by atoms with Crippen molar-refractivity contribution in [1.29, 1.82) is 0 Å². The standard InChI is InChI=1S/C14H15BrO2/c1-2-13(16)9-17-14-6-4-10-7-12(15)5-3-11(10)8-14/h3-8,13,16H,2,9H2,1H3. The second kappa shape index (κ2) is 5.52. The van der Waals surface area contributed by atoms with Gasteiger partial charge >= 0.3 is 0 Å². The molecule has 2 aromatic rings. The van der Waals surface area contributed by atoms with Crippen LogP contribution in [0.5, 0.6) is 5.75 Å². The second-order valence-electron chi connectivity index (χ2n) is 4.03. The zero-order valence-electron chi connectivity index (χ0n) is 9.69. The number of halogens is 1. The minimum Gasteiger partial charge on any atom is -0.491 e. The maximum atomic E-state index is 9.44. The van der Waals surface area contributed by atoms with E-state index in [1.54, 1.807) is 0 Å². The molecule has 1 unspecified atom stereocenters. The zero-order valence-corrected chi connectivity index (χ0v) is 11.3. The highest BCUT2D eigenvalue weighted by atomic mass is 79.9. The molecule has 1 atom stereocenters. The van der Waals surface area contributed by atoms with Gasteiger partial charge < -0.3 is 9.84 Å². The van der Waals surface area contributed by atoms with Gasteiger partial charge in [0, 0.05) is 4.47 Å². The first-order chi connectivity index (χ1) is 8.19. The Hall–Kier alpha value is -1.06. The van der Waals surface area contributed by atoms with Crippen LogP contribution in [0, 0.1) is 0 Å². The van der Waals surface area contributed by atoms with Crippen molar-refractivity contribution in [3.8, 4) is 5.75 Å². The number of hydrogen-bond acceptors (Lipinski definition) is 2. The number of ether oxygens (including phenoxy) is 1. The summed E-state index contributed by atoms with van der Waals surface area (Å²) < 4.78 is 6.60. The van der Waals surface area contributed by atoms with Crippen molar-refractivity contribution < 1.29 is 9.84 Å². The smallest absolute Gasteiger partial charge is 0.120 e. The molecule has 0 spiro atoms. The van der Waals surface area contributed by atoms with E-state index >= 15 is 0 Å². The average Bonchev–Trinajstić information content (AvgIpc) is 2.35. The highest BCUT2D eigenvalue weighted by Gasteiger charge is 2.03. The molecule has 17 heavy (non-hydrogen) atoms. The van der Waals surface area contributed by atoms with Gasteiger partial charge in [0.2, 0.25) is 0 Å². The first kappa shape index (κ1) is 12.4. The lowest BCUT2D eigenvalue weighted by atomic mass is 10.1. The zero-order chi connectivity index (χ0) is 12.3. The van der Waals surface area contributed by atoms with Gasteiger partial charge in [0.1, 0.15) is 12.4 Å². The second-order valence-corrected chi connectivity index (χ2v) is 4.94. The van der Waals surface area contributed by atoms with Gasteiger partial charge in [-0.3, -0.25) is 0 Å². The molecule has 0 aromatic heterocycles. The van der Waals surface area contributed by atoms with Crippen molar-refractivity contribution in [1.82, 2.24) is 0 Å². The first-order valence-electron chi connectivity index (χ1n) is 5.69. The van der Waals surface area contributed by atoms with Gasteiger partial charge in [0.05, 0.1) is 6.10 Å². The van der Waals surface area contributed by atoms with E-state index in [9.17, 15) is 5.11 Å². The monoisotopic (exact) mass is 294 g/mol. The Labute approximate surface area is 109 Å². The van der Waals surface area contributed by atoms with Crippen LogP contribution in [0.1, 0.15) is 13.3 Å². The maximum absolute atomic E-state index is 9.44. The van der Waals surface area contributed by atoms with Crippen LogP contribution in [0.15, 0.2) is 40.9 Å². The summed E-state index contributed by atoms with van der Waals surface area (Å²) in [5, 5.41) is 11.7. The van der Waals surface area contributed by atoms with Gasteiger partial charge in [-0.2, -0.15) is 0 Å². The lowest BCUT2D eigenvalue weighted by molar-refractivity contribution is 0.104. The van der Waals surface area contributed by atoms with Gasteiger partial charge in [-0.25, -0.2) is 0 Å². The summed E-state index contributed by atoms with van der Waals surface area (Å²) in [7, 11) is 0. The summed E-state index contributed by atoms with van der Waals surface area (Å²) in [6.45, 7) is 2.28. The summed E-state index contributed by atoms with van der Waals surface area (Å²) in [5.74, 6) is 0.798. The third-order valence-electron chi connectivity index (χ3n) is 2.69. The quantitative estimate of drug-likeness (QED) is 0.930. The van der Waals surface area contributed by atoms with Crippen LogP contribution in [-0.2, 0) is 0 Å². The van der Waals surface area contributed by atoms with Crippen molar-refractivity contribution >= 4 is 26.7 Å². The van der Waals surface area contributed by atoms with Crippen LogP contribution in [-0.4, -0.2) is 17.8 Å². The van der Waals surface area contributed by atoms with E-state index in [-0.39, 0.29) is 0 Å². The fourth-order valence-corrected chi connectivity index (χ4v) is 1.97. The van der Waals surface area contributed by atoms with Gasteiger partial charge in [-0.05, 0) is 41.5 Å². The molecule has 0 fully saturated rings. The molecule has 0 aliphatic rings. The molecule has 2 nitrogen and oxygen atoms in total. The Morgan fingerprint density at radius 3 is 2.65 bits per heavy atom. The molecule has 2 aromatic carbocycles. The van der Waals surface area contributed by atoms with Gasteiger partial charge in [-0.1, -0.05) is 35.0 Å². The Bertz CT molecular complexity index is 511. The Kier molecular flexibility index (Phi) is 4.02. The van der Waals surface area contributed by atoms with Crippen LogP contribution in [0.3, 0.4) is 0 Å². The fraction of sp³-hybridized carbons (Fsp3) is 0.286. The van der Waals surface area contributed by atoms with Crippen LogP contribution in [0.2, 0.25) is 0 Å². The highest BCUT2D eigenvalue weighted by Crippen LogP contribution is 2.24. The molecule has 90 valence electrons. The topological polar surface area (TPSA) is 29.5 Å². The Balaban J connectivity index is 2.17. The molecule has 0 aliphatic heterocycles. The number of benzene rings is 2. The number of aliphatic hydroxyl groups excluding tert-OH is 1. The molecule has 0 bridgehead atoms. The number of rotatable bonds is 4. The van der Waals surface area contributed by atoms with E-state index in [4.69, 9.17) is 4.74 Å². The first-order valence-corrected chi connectivity index (χ1v) is 6.48. The van der Waals surface area contributed by atoms with E-state index in [2.05, 4.69) is 22.0 Å². The third kappa shape index (κ3) is 3.20. The molecule has 0 saturated carbocycles. The predicted octanol–water partition coefficient (Wildman–Crippen LogP) is 3.75. The molecule has 2 rings (SSSR count). The Morgan fingerprint density at radius 2 is 1.88 bits per heavy atom. The van der Waals surface area contributed by atoms with E-state index in [1.165, 1.54) is 5.39 Å². The SMILES string of the molecule is CCC(O)COc1ccc2cc(Br)ccc2c1. The molecule has 0 aliphatic carbocycles. The lowest BCUT2D eigenvalue weighted by Crippen LogP contribution is -2.15. The van der Waals surface area contributed by atoms with E-state index < -0.39 is 6.10 Å². The summed E-state index contributed by atoms with van der Waals surface area (Å²) in [5.41, 5.74) is 0. The number of hydrogen-bond donors (Lipinski definition) is 1. The van der Waals surface area contributed by atoms with Crippen molar-refractivity contribution in [3.63, 3.8) is 0 Å². The highest BCUT2D eigenvalue weighted by molar-refractivity contribution is 9.10. The fourth-order valence-electron chi connectivity index (χ4n) is 1.59. The van der Waals surface area contributed by atoms with Crippen LogP contribution in [0.4, 0.5) is 0 Å². The molecule has 0 saturated heterocycles. The minimum absolute atomic E-state index is 0.346. The lowest BCUT2D eigenvalue weighted by Gasteiger charge is -2.10. The summed E-state index contributed by atoms with van der Waals surface area (Å²) in [6, 6.07) is 12.1. The molecular weight excluding hydrogens is 280 g/mol. The number of fused-ring (bicyclic) bond motifs is 1. The molecule has 0 radical (unpaired) electrons. The summed E-state index contributed by atoms with van der Waals surface area (Å²) in [6.07, 6.45) is 0.316. The normalized spacial score (nSPS) is 12.6. The van der Waals surface area contributed by atoms with E-state index in [0.29, 0.717) is 13.0 Å². The Morgan fingerprint density at radius 1 is 1.18 bits per heavy atom. The number of aliphatic hydroxyl groups is 1. The van der Waals surface area contributed by atoms with Crippen LogP contribution in [0.25, 0.3) is 10.8 Å². The van der Waals surface area contributed by atoms with Gasteiger partial charge in [0.15, 0.2) is 0 Å². The summed E-state index contributed by atoms with van der Waals surface area (Å²) in [4.78, 5) is 0. The molecule has 3 heteroatoms. The maximum Gasteiger partial charge on any atom is 0.120 e. The van der Waals surface area contributed by atoms with Crippen LogP contribution >= 0.6 is 15.9 Å². The van der Waals surface area contributed by atoms with Crippen molar-refractivity contribution in [2.45, 2.75) is 19.4 Å². The minimum atomic E-state index is -0.393. The predicted molar refractivity (Wildman–Crippen MR) is 73.4 cm³/mol. The third-order valence-corrected chi connectivity index (χ3v) is 3.18. The van der Waals surface area contributed by atoms with Crippen molar-refractivity contribution in [3.05, 3.63) is 40.9 Å². The van der Waals surface area contributed by atoms with Gasteiger partial charge in [-0.15, -0.1) is 0 Å². The molecular formula is C14H15BrO2. The largest absolute Gasteiger partial charge is 0.491 e. The van der Waals surface area contributed by atoms with Gasteiger partial charge in [0.25, 0.3) is 0 Å². The van der Waals surface area contributed by atoms with Crippen molar-refractivity contribution in [2.24, 2.45) is 0 Å². The van der Waals surface area contributed by atoms with E-state index in [1.807, 2.05) is 37.3 Å². The summed E-state index contributed by atoms with van der Waals surface area (Å²) >= 11 is 3.45. The van der Waals surface area contributed by atoms with Crippen molar-refractivity contribution in [2.75, 3.05) is 6.61 Å².